The van der Waals surface area contributed by atoms with Crippen molar-refractivity contribution >= 4 is 74.7 Å². The minimum atomic E-state index is -0.491. The van der Waals surface area contributed by atoms with Crippen LogP contribution in [0.3, 0.4) is 0 Å². The lowest BCUT2D eigenvalue weighted by molar-refractivity contribution is -0.129. The van der Waals surface area contributed by atoms with Crippen molar-refractivity contribution in [3.05, 3.63) is 65.4 Å². The van der Waals surface area contributed by atoms with Crippen LogP contribution in [-0.2, 0) is 9.53 Å². The van der Waals surface area contributed by atoms with Gasteiger partial charge in [-0.1, -0.05) is 37.6 Å². The third kappa shape index (κ3) is 5.03. The van der Waals surface area contributed by atoms with Crippen LogP contribution in [0.5, 0.6) is 5.75 Å². The highest BCUT2D eigenvalue weighted by atomic mass is 127. The van der Waals surface area contributed by atoms with Crippen LogP contribution in [0.2, 0.25) is 5.02 Å². The van der Waals surface area contributed by atoms with Crippen molar-refractivity contribution in [2.24, 2.45) is 10.9 Å². The zero-order chi connectivity index (χ0) is 19.6. The van der Waals surface area contributed by atoms with E-state index in [9.17, 15) is 4.79 Å². The number of rotatable bonds is 5. The summed E-state index contributed by atoms with van der Waals surface area (Å²) in [6.45, 7) is 4.88. The normalized spacial score (nSPS) is 15.3. The lowest BCUT2D eigenvalue weighted by Crippen LogP contribution is -2.07. The quantitative estimate of drug-likeness (QED) is 0.241. The zero-order valence-electron chi connectivity index (χ0n) is 14.6. The molecule has 0 amide bonds. The Morgan fingerprint density at radius 1 is 1.22 bits per heavy atom. The summed E-state index contributed by atoms with van der Waals surface area (Å²) in [4.78, 5) is 16.5. The number of carbonyl (C=O) groups is 1. The van der Waals surface area contributed by atoms with Crippen molar-refractivity contribution < 1.29 is 14.3 Å². The molecule has 3 rings (SSSR count). The van der Waals surface area contributed by atoms with Crippen LogP contribution < -0.4 is 4.74 Å². The van der Waals surface area contributed by atoms with Crippen molar-refractivity contribution in [3.63, 3.8) is 0 Å². The number of hydrogen-bond acceptors (Lipinski definition) is 4. The molecule has 0 bridgehead atoms. The molecule has 1 aliphatic heterocycles. The first kappa shape index (κ1) is 20.6. The summed E-state index contributed by atoms with van der Waals surface area (Å²) in [5.41, 5.74) is 1.70. The number of hydrogen-bond donors (Lipinski definition) is 0. The van der Waals surface area contributed by atoms with Crippen molar-refractivity contribution in [1.29, 1.82) is 0 Å². The fourth-order valence-electron chi connectivity index (χ4n) is 2.37. The molecular weight excluding hydrogens is 591 g/mol. The van der Waals surface area contributed by atoms with E-state index in [2.05, 4.69) is 64.0 Å². The molecule has 0 saturated heterocycles. The van der Waals surface area contributed by atoms with Crippen LogP contribution in [-0.4, -0.2) is 18.5 Å². The van der Waals surface area contributed by atoms with Gasteiger partial charge in [0.05, 0.1) is 24.3 Å². The Labute approximate surface area is 190 Å². The van der Waals surface area contributed by atoms with Crippen molar-refractivity contribution in [2.45, 2.75) is 13.8 Å². The van der Waals surface area contributed by atoms with Crippen LogP contribution in [0.25, 0.3) is 6.08 Å². The Hall–Kier alpha value is -1.13. The first-order valence-electron chi connectivity index (χ1n) is 8.24. The smallest absolute Gasteiger partial charge is 0.363 e. The van der Waals surface area contributed by atoms with Gasteiger partial charge < -0.3 is 9.47 Å². The predicted octanol–water partition coefficient (Wildman–Crippen LogP) is 5.93. The molecule has 0 aliphatic carbocycles. The molecule has 0 unspecified atom stereocenters. The number of carbonyl (C=O) groups excluding carboxylic acids is 1. The molecule has 1 aliphatic rings. The topological polar surface area (TPSA) is 47.9 Å². The Balaban J connectivity index is 1.90. The maximum Gasteiger partial charge on any atom is 0.363 e. The fraction of sp³-hybridized carbons (Fsp3) is 0.200. The first-order chi connectivity index (χ1) is 12.8. The molecular formula is C20H16ClI2NO3. The van der Waals surface area contributed by atoms with Crippen molar-refractivity contribution in [2.75, 3.05) is 6.61 Å². The largest absolute Gasteiger partial charge is 0.491 e. The van der Waals surface area contributed by atoms with E-state index in [1.54, 1.807) is 18.2 Å². The summed E-state index contributed by atoms with van der Waals surface area (Å²) in [5.74, 6) is 1.04. The molecule has 0 aromatic heterocycles. The zero-order valence-corrected chi connectivity index (χ0v) is 19.7. The predicted molar refractivity (Wildman–Crippen MR) is 124 cm³/mol. The third-order valence-electron chi connectivity index (χ3n) is 3.61. The molecule has 140 valence electrons. The van der Waals surface area contributed by atoms with Crippen LogP contribution in [0.1, 0.15) is 25.0 Å². The van der Waals surface area contributed by atoms with E-state index in [0.29, 0.717) is 23.1 Å². The highest BCUT2D eigenvalue weighted by Crippen LogP contribution is 2.31. The maximum absolute atomic E-state index is 12.2. The second kappa shape index (κ2) is 8.91. The average molecular weight is 608 g/mol. The second-order valence-electron chi connectivity index (χ2n) is 6.33. The van der Waals surface area contributed by atoms with Gasteiger partial charge >= 0.3 is 5.97 Å². The lowest BCUT2D eigenvalue weighted by Gasteiger charge is -2.13. The van der Waals surface area contributed by atoms with Crippen LogP contribution in [0.15, 0.2) is 47.1 Å². The van der Waals surface area contributed by atoms with Gasteiger partial charge in [-0.3, -0.25) is 0 Å². The van der Waals surface area contributed by atoms with Gasteiger partial charge in [0.25, 0.3) is 0 Å². The molecule has 7 heteroatoms. The van der Waals surface area contributed by atoms with Gasteiger partial charge in [0.15, 0.2) is 5.70 Å². The summed E-state index contributed by atoms with van der Waals surface area (Å²) >= 11 is 10.6. The molecule has 0 spiro atoms. The van der Waals surface area contributed by atoms with Crippen LogP contribution in [0.4, 0.5) is 0 Å². The molecule has 27 heavy (non-hydrogen) atoms. The van der Waals surface area contributed by atoms with E-state index in [0.717, 1.165) is 18.5 Å². The average Bonchev–Trinajstić information content (AvgIpc) is 2.94. The minimum Gasteiger partial charge on any atom is -0.491 e. The Kier molecular flexibility index (Phi) is 6.80. The number of ether oxygens (including phenoxy) is 2. The van der Waals surface area contributed by atoms with Crippen LogP contribution >= 0.6 is 56.8 Å². The fourth-order valence-corrected chi connectivity index (χ4v) is 4.71. The summed E-state index contributed by atoms with van der Waals surface area (Å²) in [6, 6.07) is 11.1. The van der Waals surface area contributed by atoms with Crippen LogP contribution in [0, 0.1) is 13.1 Å². The van der Waals surface area contributed by atoms with Crippen molar-refractivity contribution in [3.8, 4) is 5.75 Å². The van der Waals surface area contributed by atoms with Crippen molar-refractivity contribution in [1.82, 2.24) is 0 Å². The lowest BCUT2D eigenvalue weighted by atomic mass is 10.2. The Morgan fingerprint density at radius 2 is 1.89 bits per heavy atom. The highest BCUT2D eigenvalue weighted by Gasteiger charge is 2.25. The molecule has 1 heterocycles. The molecule has 0 atom stereocenters. The summed E-state index contributed by atoms with van der Waals surface area (Å²) < 4.78 is 13.1. The van der Waals surface area contributed by atoms with Gasteiger partial charge in [-0.25, -0.2) is 9.79 Å². The number of cyclic esters (lactones) is 1. The molecule has 0 fully saturated rings. The minimum absolute atomic E-state index is 0.220. The summed E-state index contributed by atoms with van der Waals surface area (Å²) in [5, 5.41) is 0.487. The molecule has 2 aromatic carbocycles. The van der Waals surface area contributed by atoms with Gasteiger partial charge in [0.2, 0.25) is 5.90 Å². The Bertz CT molecular complexity index is 931. The highest BCUT2D eigenvalue weighted by molar-refractivity contribution is 14.1. The van der Waals surface area contributed by atoms with Gasteiger partial charge in [0, 0.05) is 0 Å². The molecule has 0 N–H and O–H groups in total. The molecule has 4 nitrogen and oxygen atoms in total. The van der Waals surface area contributed by atoms with Gasteiger partial charge in [-0.2, -0.15) is 0 Å². The van der Waals surface area contributed by atoms with E-state index >= 15 is 0 Å². The molecule has 2 aromatic rings. The second-order valence-corrected chi connectivity index (χ2v) is 9.07. The monoisotopic (exact) mass is 607 g/mol. The van der Waals surface area contributed by atoms with Gasteiger partial charge in [0.1, 0.15) is 5.75 Å². The van der Waals surface area contributed by atoms with E-state index in [1.807, 2.05) is 24.3 Å². The number of halogens is 3. The molecule has 0 radical (unpaired) electrons. The number of aliphatic imine (C=N–C) groups is 1. The maximum atomic E-state index is 12.2. The summed E-state index contributed by atoms with van der Waals surface area (Å²) in [6.07, 6.45) is 1.71. The van der Waals surface area contributed by atoms with E-state index < -0.39 is 5.97 Å². The standard InChI is InChI=1S/C20H16ClI2NO3/c1-11(2)10-26-18-15(22)7-12(8-16(18)23)9-17-20(25)27-19(24-17)13-5-3-4-6-14(13)21/h3-9,11H,10H2,1-2H3/b17-9-. The first-order valence-corrected chi connectivity index (χ1v) is 10.8. The number of benzene rings is 2. The van der Waals surface area contributed by atoms with E-state index in [1.165, 1.54) is 0 Å². The van der Waals surface area contributed by atoms with E-state index in [4.69, 9.17) is 21.1 Å². The third-order valence-corrected chi connectivity index (χ3v) is 5.54. The Morgan fingerprint density at radius 3 is 2.52 bits per heavy atom. The SMILES string of the molecule is CC(C)COc1c(I)cc(/C=C2\N=C(c3ccccc3Cl)OC2=O)cc1I. The van der Waals surface area contributed by atoms with Gasteiger partial charge in [-0.05, 0) is 87.0 Å². The number of esters is 1. The van der Waals surface area contributed by atoms with Gasteiger partial charge in [-0.15, -0.1) is 0 Å². The summed E-state index contributed by atoms with van der Waals surface area (Å²) in [7, 11) is 0. The van der Waals surface area contributed by atoms with E-state index in [-0.39, 0.29) is 11.6 Å². The molecule has 0 saturated carbocycles. The number of nitrogens with zero attached hydrogens (tertiary/aromatic N) is 1.